The van der Waals surface area contributed by atoms with Crippen molar-refractivity contribution in [3.63, 3.8) is 0 Å². The molecule has 1 aromatic carbocycles. The van der Waals surface area contributed by atoms with E-state index in [2.05, 4.69) is 59.0 Å². The summed E-state index contributed by atoms with van der Waals surface area (Å²) >= 11 is 0. The van der Waals surface area contributed by atoms with E-state index < -0.39 is 0 Å². The van der Waals surface area contributed by atoms with Crippen LogP contribution in [0.15, 0.2) is 12.1 Å². The van der Waals surface area contributed by atoms with Crippen molar-refractivity contribution in [2.75, 3.05) is 11.9 Å². The van der Waals surface area contributed by atoms with Crippen molar-refractivity contribution < 1.29 is 4.74 Å². The number of nitrogens with one attached hydrogen (secondary N) is 1. The molecule has 0 spiro atoms. The van der Waals surface area contributed by atoms with Crippen molar-refractivity contribution in [1.29, 1.82) is 0 Å². The second-order valence-corrected chi connectivity index (χ2v) is 6.96. The zero-order valence-corrected chi connectivity index (χ0v) is 12.5. The minimum Gasteiger partial charge on any atom is -0.485 e. The number of hydrogen-bond donors (Lipinski definition) is 1. The lowest BCUT2D eigenvalue weighted by molar-refractivity contribution is 0.107. The zero-order valence-electron chi connectivity index (χ0n) is 12.5. The Balaban J connectivity index is 2.49. The molecule has 1 N–H and O–H groups in total. The number of aryl methyl sites for hydroxylation is 1. The molecule has 1 aliphatic heterocycles. The number of ether oxygens (including phenoxy) is 1. The number of fused-ring (bicyclic) bond motifs is 1. The summed E-state index contributed by atoms with van der Waals surface area (Å²) in [5.74, 6) is 1.02. The summed E-state index contributed by atoms with van der Waals surface area (Å²) in [5.41, 5.74) is 3.80. The molecular formula is C16H25NO. The van der Waals surface area contributed by atoms with E-state index in [4.69, 9.17) is 4.74 Å². The predicted molar refractivity (Wildman–Crippen MR) is 77.7 cm³/mol. The van der Waals surface area contributed by atoms with E-state index in [-0.39, 0.29) is 11.0 Å². The molecule has 18 heavy (non-hydrogen) atoms. The maximum Gasteiger partial charge on any atom is 0.146 e. The summed E-state index contributed by atoms with van der Waals surface area (Å²) < 4.78 is 6.18. The fourth-order valence-electron chi connectivity index (χ4n) is 2.30. The smallest absolute Gasteiger partial charge is 0.146 e. The number of hydrogen-bond acceptors (Lipinski definition) is 2. The molecule has 100 valence electrons. The molecule has 0 unspecified atom stereocenters. The predicted octanol–water partition coefficient (Wildman–Crippen LogP) is 4.27. The average molecular weight is 247 g/mol. The molecule has 0 atom stereocenters. The van der Waals surface area contributed by atoms with Crippen LogP contribution in [0.4, 0.5) is 5.69 Å². The molecule has 2 heteroatoms. The third-order valence-electron chi connectivity index (χ3n) is 3.56. The minimum absolute atomic E-state index is 0.0910. The standard InChI is InChI=1S/C16H25NO/c1-11-9-12(15(2,3)4)10-13-14(11)18-16(5,6)7-8-17-13/h9-10,17H,7-8H2,1-6H3. The first kappa shape index (κ1) is 13.3. The van der Waals surface area contributed by atoms with Crippen molar-refractivity contribution >= 4 is 5.69 Å². The van der Waals surface area contributed by atoms with Gasteiger partial charge < -0.3 is 10.1 Å². The van der Waals surface area contributed by atoms with E-state index in [0.717, 1.165) is 24.4 Å². The van der Waals surface area contributed by atoms with Gasteiger partial charge in [-0.1, -0.05) is 26.8 Å². The summed E-state index contributed by atoms with van der Waals surface area (Å²) in [4.78, 5) is 0. The van der Waals surface area contributed by atoms with Gasteiger partial charge in [0.25, 0.3) is 0 Å². The van der Waals surface area contributed by atoms with Crippen molar-refractivity contribution in [3.05, 3.63) is 23.3 Å². The molecule has 1 heterocycles. The van der Waals surface area contributed by atoms with Gasteiger partial charge in [-0.15, -0.1) is 0 Å². The molecule has 1 aliphatic rings. The minimum atomic E-state index is -0.0910. The van der Waals surface area contributed by atoms with Crippen LogP contribution in [0.2, 0.25) is 0 Å². The molecule has 0 fully saturated rings. The monoisotopic (exact) mass is 247 g/mol. The molecule has 0 bridgehead atoms. The van der Waals surface area contributed by atoms with Gasteiger partial charge in [0.15, 0.2) is 0 Å². The highest BCUT2D eigenvalue weighted by Gasteiger charge is 2.27. The van der Waals surface area contributed by atoms with Crippen molar-refractivity contribution in [1.82, 2.24) is 0 Å². The fraction of sp³-hybridized carbons (Fsp3) is 0.625. The van der Waals surface area contributed by atoms with E-state index in [1.165, 1.54) is 11.1 Å². The molecule has 0 radical (unpaired) electrons. The second kappa shape index (κ2) is 4.18. The Kier molecular flexibility index (Phi) is 3.08. The lowest BCUT2D eigenvalue weighted by atomic mass is 9.85. The van der Waals surface area contributed by atoms with Gasteiger partial charge in [-0.05, 0) is 43.4 Å². The number of benzene rings is 1. The SMILES string of the molecule is Cc1cc(C(C)(C)C)cc2c1OC(C)(C)CCN2. The molecule has 0 aliphatic carbocycles. The lowest BCUT2D eigenvalue weighted by Gasteiger charge is -2.26. The fourth-order valence-corrected chi connectivity index (χ4v) is 2.30. The zero-order chi connectivity index (χ0) is 13.6. The first-order chi connectivity index (χ1) is 8.19. The highest BCUT2D eigenvalue weighted by Crippen LogP contribution is 2.38. The Morgan fingerprint density at radius 1 is 1.22 bits per heavy atom. The van der Waals surface area contributed by atoms with E-state index in [0.29, 0.717) is 0 Å². The lowest BCUT2D eigenvalue weighted by Crippen LogP contribution is -2.28. The van der Waals surface area contributed by atoms with Gasteiger partial charge in [-0.3, -0.25) is 0 Å². The summed E-state index contributed by atoms with van der Waals surface area (Å²) in [7, 11) is 0. The summed E-state index contributed by atoms with van der Waals surface area (Å²) in [6.45, 7) is 14.1. The maximum atomic E-state index is 6.18. The first-order valence-electron chi connectivity index (χ1n) is 6.77. The normalized spacial score (nSPS) is 18.3. The first-order valence-corrected chi connectivity index (χ1v) is 6.77. The number of rotatable bonds is 0. The van der Waals surface area contributed by atoms with Gasteiger partial charge in [0.2, 0.25) is 0 Å². The van der Waals surface area contributed by atoms with Gasteiger partial charge in [0, 0.05) is 13.0 Å². The third kappa shape index (κ3) is 2.63. The molecule has 0 aromatic heterocycles. The Morgan fingerprint density at radius 2 is 1.89 bits per heavy atom. The van der Waals surface area contributed by atoms with Crippen molar-refractivity contribution in [2.24, 2.45) is 0 Å². The highest BCUT2D eigenvalue weighted by atomic mass is 16.5. The molecular weight excluding hydrogens is 222 g/mol. The summed E-state index contributed by atoms with van der Waals surface area (Å²) in [6, 6.07) is 4.49. The Bertz CT molecular complexity index is 455. The molecule has 2 nitrogen and oxygen atoms in total. The Hall–Kier alpha value is -1.18. The second-order valence-electron chi connectivity index (χ2n) is 6.96. The summed E-state index contributed by atoms with van der Waals surface area (Å²) in [5, 5.41) is 3.51. The molecule has 0 saturated heterocycles. The molecule has 0 saturated carbocycles. The van der Waals surface area contributed by atoms with Gasteiger partial charge in [0.1, 0.15) is 11.4 Å². The van der Waals surface area contributed by atoms with E-state index >= 15 is 0 Å². The van der Waals surface area contributed by atoms with Crippen LogP contribution in [-0.4, -0.2) is 12.1 Å². The van der Waals surface area contributed by atoms with Gasteiger partial charge in [-0.2, -0.15) is 0 Å². The van der Waals surface area contributed by atoms with Crippen molar-refractivity contribution in [2.45, 2.75) is 59.0 Å². The van der Waals surface area contributed by atoms with Crippen LogP contribution in [0, 0.1) is 6.92 Å². The van der Waals surface area contributed by atoms with Gasteiger partial charge >= 0.3 is 0 Å². The van der Waals surface area contributed by atoms with Crippen LogP contribution < -0.4 is 10.1 Å². The topological polar surface area (TPSA) is 21.3 Å². The third-order valence-corrected chi connectivity index (χ3v) is 3.56. The van der Waals surface area contributed by atoms with E-state index in [9.17, 15) is 0 Å². The molecule has 1 aromatic rings. The van der Waals surface area contributed by atoms with E-state index in [1.54, 1.807) is 0 Å². The van der Waals surface area contributed by atoms with Gasteiger partial charge in [0.05, 0.1) is 5.69 Å². The van der Waals surface area contributed by atoms with Crippen LogP contribution in [0.25, 0.3) is 0 Å². The summed E-state index contributed by atoms with van der Waals surface area (Å²) in [6.07, 6.45) is 1.02. The van der Waals surface area contributed by atoms with Gasteiger partial charge in [-0.25, -0.2) is 0 Å². The quantitative estimate of drug-likeness (QED) is 0.739. The van der Waals surface area contributed by atoms with Crippen LogP contribution in [0.3, 0.4) is 0 Å². The van der Waals surface area contributed by atoms with Crippen LogP contribution in [0.1, 0.15) is 52.2 Å². The largest absolute Gasteiger partial charge is 0.485 e. The van der Waals surface area contributed by atoms with Crippen LogP contribution in [-0.2, 0) is 5.41 Å². The Labute approximate surface area is 111 Å². The highest BCUT2D eigenvalue weighted by molar-refractivity contribution is 5.63. The Morgan fingerprint density at radius 3 is 2.50 bits per heavy atom. The molecule has 2 rings (SSSR count). The van der Waals surface area contributed by atoms with Crippen molar-refractivity contribution in [3.8, 4) is 5.75 Å². The average Bonchev–Trinajstić information content (AvgIpc) is 2.34. The maximum absolute atomic E-state index is 6.18. The van der Waals surface area contributed by atoms with E-state index in [1.807, 2.05) is 0 Å². The molecule has 0 amide bonds. The van der Waals surface area contributed by atoms with Crippen LogP contribution >= 0.6 is 0 Å². The number of anilines is 1. The van der Waals surface area contributed by atoms with Crippen LogP contribution in [0.5, 0.6) is 5.75 Å².